The largest absolute Gasteiger partial charge is 0.353 e. The molecule has 152 valence electrons. The predicted molar refractivity (Wildman–Crippen MR) is 119 cm³/mol. The number of thioether (sulfide) groups is 1. The average molecular weight is 409 g/mol. The van der Waals surface area contributed by atoms with Crippen LogP contribution in [-0.4, -0.2) is 32.0 Å². The molecule has 4 rings (SSSR count). The number of hydrogen-bond acceptors (Lipinski definition) is 3. The molecule has 1 saturated carbocycles. The lowest BCUT2D eigenvalue weighted by Crippen LogP contribution is -2.35. The molecule has 0 spiro atoms. The van der Waals surface area contributed by atoms with E-state index < -0.39 is 0 Å². The highest BCUT2D eigenvalue weighted by molar-refractivity contribution is 7.99. The number of hydrogen-bond donors (Lipinski definition) is 1. The van der Waals surface area contributed by atoms with Gasteiger partial charge in [-0.25, -0.2) is 4.68 Å². The Labute approximate surface area is 176 Å². The number of nitrogens with zero attached hydrogens (tertiary/aromatic N) is 3. The first-order valence-corrected chi connectivity index (χ1v) is 11.6. The van der Waals surface area contributed by atoms with Gasteiger partial charge >= 0.3 is 0 Å². The van der Waals surface area contributed by atoms with Crippen LogP contribution in [0.2, 0.25) is 0 Å². The summed E-state index contributed by atoms with van der Waals surface area (Å²) in [7, 11) is 0. The number of amides is 1. The summed E-state index contributed by atoms with van der Waals surface area (Å²) in [6.07, 6.45) is 13.3. The fraction of sp³-hybridized carbons (Fsp3) is 0.391. The zero-order chi connectivity index (χ0) is 19.9. The second kappa shape index (κ2) is 9.83. The van der Waals surface area contributed by atoms with Crippen molar-refractivity contribution in [3.05, 3.63) is 66.6 Å². The van der Waals surface area contributed by atoms with E-state index in [1.807, 2.05) is 53.6 Å². The van der Waals surface area contributed by atoms with E-state index in [4.69, 9.17) is 0 Å². The number of benzene rings is 1. The zero-order valence-corrected chi connectivity index (χ0v) is 17.5. The van der Waals surface area contributed by atoms with Crippen LogP contribution in [-0.2, 0) is 10.5 Å². The normalized spacial score (nSPS) is 15.2. The SMILES string of the molecule is O=C(CSCc1cnn(-c2ccccc2)c1-n1cccc1)NC1CCCCCC1. The van der Waals surface area contributed by atoms with Crippen molar-refractivity contribution in [3.8, 4) is 11.5 Å². The fourth-order valence-electron chi connectivity index (χ4n) is 3.93. The minimum absolute atomic E-state index is 0.153. The van der Waals surface area contributed by atoms with Gasteiger partial charge in [0.15, 0.2) is 0 Å². The molecule has 6 heteroatoms. The molecule has 1 fully saturated rings. The quantitative estimate of drug-likeness (QED) is 0.575. The van der Waals surface area contributed by atoms with Gasteiger partial charge in [-0.1, -0.05) is 43.9 Å². The summed E-state index contributed by atoms with van der Waals surface area (Å²) in [6, 6.07) is 14.5. The van der Waals surface area contributed by atoms with Crippen LogP contribution in [0.5, 0.6) is 0 Å². The Hall–Kier alpha value is -2.47. The minimum atomic E-state index is 0.153. The van der Waals surface area contributed by atoms with Crippen LogP contribution in [0, 0.1) is 0 Å². The second-order valence-electron chi connectivity index (χ2n) is 7.58. The van der Waals surface area contributed by atoms with E-state index in [1.54, 1.807) is 11.8 Å². The van der Waals surface area contributed by atoms with E-state index in [0.717, 1.165) is 35.7 Å². The molecule has 2 aromatic heterocycles. The highest BCUT2D eigenvalue weighted by Gasteiger charge is 2.17. The van der Waals surface area contributed by atoms with E-state index in [2.05, 4.69) is 27.1 Å². The Morgan fingerprint density at radius 2 is 1.76 bits per heavy atom. The van der Waals surface area contributed by atoms with Crippen molar-refractivity contribution in [1.82, 2.24) is 19.7 Å². The van der Waals surface area contributed by atoms with Gasteiger partial charge in [0.1, 0.15) is 5.82 Å². The summed E-state index contributed by atoms with van der Waals surface area (Å²) in [6.45, 7) is 0. The standard InChI is InChI=1S/C23H28N4OS/c28-22(25-20-10-4-1-2-5-11-20)18-29-17-19-16-24-27(21-12-6-3-7-13-21)23(19)26-14-8-9-15-26/h3,6-9,12-16,20H,1-2,4-5,10-11,17-18H2,(H,25,28). The van der Waals surface area contributed by atoms with Gasteiger partial charge in [0.2, 0.25) is 5.91 Å². The summed E-state index contributed by atoms with van der Waals surface area (Å²) in [5, 5.41) is 7.86. The first-order chi connectivity index (χ1) is 14.3. The molecule has 0 unspecified atom stereocenters. The summed E-state index contributed by atoms with van der Waals surface area (Å²) >= 11 is 1.65. The lowest BCUT2D eigenvalue weighted by atomic mass is 10.1. The molecule has 0 bridgehead atoms. The third kappa shape index (κ3) is 5.12. The molecule has 0 atom stereocenters. The molecule has 0 saturated heterocycles. The van der Waals surface area contributed by atoms with Crippen LogP contribution < -0.4 is 5.32 Å². The van der Waals surface area contributed by atoms with Crippen molar-refractivity contribution >= 4 is 17.7 Å². The predicted octanol–water partition coefficient (Wildman–Crippen LogP) is 4.74. The Morgan fingerprint density at radius 3 is 2.48 bits per heavy atom. The van der Waals surface area contributed by atoms with Crippen LogP contribution in [0.1, 0.15) is 44.1 Å². The number of carbonyl (C=O) groups is 1. The van der Waals surface area contributed by atoms with E-state index in [-0.39, 0.29) is 5.91 Å². The molecule has 1 N–H and O–H groups in total. The summed E-state index contributed by atoms with van der Waals surface area (Å²) in [5.41, 5.74) is 2.15. The molecule has 5 nitrogen and oxygen atoms in total. The number of carbonyl (C=O) groups excluding carboxylic acids is 1. The van der Waals surface area contributed by atoms with Crippen LogP contribution >= 0.6 is 11.8 Å². The van der Waals surface area contributed by atoms with Gasteiger partial charge in [0.25, 0.3) is 0 Å². The Bertz CT molecular complexity index is 896. The zero-order valence-electron chi connectivity index (χ0n) is 16.7. The molecule has 1 aliphatic rings. The number of rotatable bonds is 7. The topological polar surface area (TPSA) is 51.9 Å². The van der Waals surface area contributed by atoms with Crippen molar-refractivity contribution in [2.45, 2.75) is 50.3 Å². The molecule has 29 heavy (non-hydrogen) atoms. The third-order valence-corrected chi connectivity index (χ3v) is 6.36. The van der Waals surface area contributed by atoms with Crippen molar-refractivity contribution in [2.75, 3.05) is 5.75 Å². The van der Waals surface area contributed by atoms with Gasteiger partial charge < -0.3 is 9.88 Å². The maximum atomic E-state index is 12.4. The number of nitrogens with one attached hydrogen (secondary N) is 1. The van der Waals surface area contributed by atoms with E-state index >= 15 is 0 Å². The molecule has 2 heterocycles. The van der Waals surface area contributed by atoms with E-state index in [1.165, 1.54) is 25.7 Å². The van der Waals surface area contributed by atoms with Gasteiger partial charge in [-0.3, -0.25) is 4.79 Å². The van der Waals surface area contributed by atoms with Gasteiger partial charge in [-0.2, -0.15) is 5.10 Å². The summed E-state index contributed by atoms with van der Waals surface area (Å²) in [5.74, 6) is 2.41. The van der Waals surface area contributed by atoms with Crippen molar-refractivity contribution < 1.29 is 4.79 Å². The van der Waals surface area contributed by atoms with E-state index in [9.17, 15) is 4.79 Å². The van der Waals surface area contributed by atoms with Crippen LogP contribution in [0.4, 0.5) is 0 Å². The highest BCUT2D eigenvalue weighted by Crippen LogP contribution is 2.24. The summed E-state index contributed by atoms with van der Waals surface area (Å²) in [4.78, 5) is 12.4. The van der Waals surface area contributed by atoms with E-state index in [0.29, 0.717) is 11.8 Å². The molecule has 1 aromatic carbocycles. The third-order valence-electron chi connectivity index (χ3n) is 5.38. The fourth-order valence-corrected chi connectivity index (χ4v) is 4.73. The average Bonchev–Trinajstić information content (AvgIpc) is 3.34. The Balaban J connectivity index is 1.41. The molecule has 0 radical (unpaired) electrons. The first kappa shape index (κ1) is 19.8. The van der Waals surface area contributed by atoms with Crippen LogP contribution in [0.3, 0.4) is 0 Å². The van der Waals surface area contributed by atoms with Crippen molar-refractivity contribution in [3.63, 3.8) is 0 Å². The monoisotopic (exact) mass is 408 g/mol. The number of para-hydroxylation sites is 1. The summed E-state index contributed by atoms with van der Waals surface area (Å²) < 4.78 is 4.04. The lowest BCUT2D eigenvalue weighted by Gasteiger charge is -2.16. The molecular weight excluding hydrogens is 380 g/mol. The molecule has 1 amide bonds. The van der Waals surface area contributed by atoms with Gasteiger partial charge in [-0.05, 0) is 37.1 Å². The highest BCUT2D eigenvalue weighted by atomic mass is 32.2. The maximum absolute atomic E-state index is 12.4. The second-order valence-corrected chi connectivity index (χ2v) is 8.57. The molecule has 0 aliphatic heterocycles. The smallest absolute Gasteiger partial charge is 0.230 e. The first-order valence-electron chi connectivity index (χ1n) is 10.4. The van der Waals surface area contributed by atoms with Crippen LogP contribution in [0.15, 0.2) is 61.1 Å². The lowest BCUT2D eigenvalue weighted by molar-refractivity contribution is -0.119. The van der Waals surface area contributed by atoms with Gasteiger partial charge in [-0.15, -0.1) is 11.8 Å². The van der Waals surface area contributed by atoms with Crippen LogP contribution in [0.25, 0.3) is 11.5 Å². The Morgan fingerprint density at radius 1 is 1.03 bits per heavy atom. The van der Waals surface area contributed by atoms with Gasteiger partial charge in [0, 0.05) is 29.8 Å². The molecule has 3 aromatic rings. The maximum Gasteiger partial charge on any atom is 0.230 e. The van der Waals surface area contributed by atoms with Crippen molar-refractivity contribution in [2.24, 2.45) is 0 Å². The minimum Gasteiger partial charge on any atom is -0.353 e. The molecular formula is C23H28N4OS. The Kier molecular flexibility index (Phi) is 6.72. The van der Waals surface area contributed by atoms with Crippen molar-refractivity contribution in [1.29, 1.82) is 0 Å². The number of aromatic nitrogens is 3. The molecule has 1 aliphatic carbocycles. The van der Waals surface area contributed by atoms with Gasteiger partial charge in [0.05, 0.1) is 17.6 Å².